The molecule has 0 saturated heterocycles. The number of hydrogen-bond acceptors (Lipinski definition) is 3. The van der Waals surface area contributed by atoms with Crippen LogP contribution >= 0.6 is 11.6 Å². The van der Waals surface area contributed by atoms with Crippen LogP contribution in [0.5, 0.6) is 0 Å². The van der Waals surface area contributed by atoms with Gasteiger partial charge in [-0.25, -0.2) is 4.98 Å². The Balaban J connectivity index is 2.47. The summed E-state index contributed by atoms with van der Waals surface area (Å²) >= 11 is 6.06. The van der Waals surface area contributed by atoms with Crippen LogP contribution in [0.15, 0.2) is 12.1 Å². The second-order valence-electron chi connectivity index (χ2n) is 4.03. The van der Waals surface area contributed by atoms with Gasteiger partial charge < -0.3 is 9.30 Å². The Hall–Kier alpha value is -1.39. The lowest BCUT2D eigenvalue weighted by molar-refractivity contribution is 0.110. The van der Waals surface area contributed by atoms with Crippen molar-refractivity contribution in [2.45, 2.75) is 20.4 Å². The Morgan fingerprint density at radius 3 is 2.94 bits per heavy atom. The number of aromatic nitrogens is 2. The Morgan fingerprint density at radius 1 is 1.50 bits per heavy atom. The third kappa shape index (κ3) is 2.40. The summed E-state index contributed by atoms with van der Waals surface area (Å²) in [4.78, 5) is 15.3. The lowest BCUT2D eigenvalue weighted by atomic mass is 10.2. The molecule has 18 heavy (non-hydrogen) atoms. The fourth-order valence-corrected chi connectivity index (χ4v) is 2.05. The van der Waals surface area contributed by atoms with Gasteiger partial charge in [0.05, 0.1) is 17.6 Å². The summed E-state index contributed by atoms with van der Waals surface area (Å²) in [6, 6.07) is 3.74. The highest BCUT2D eigenvalue weighted by Gasteiger charge is 2.11. The number of hydrogen-bond donors (Lipinski definition) is 0. The number of aryl methyl sites for hydroxylation is 1. The highest BCUT2D eigenvalue weighted by molar-refractivity contribution is 6.32. The molecule has 96 valence electrons. The van der Waals surface area contributed by atoms with E-state index in [1.807, 2.05) is 24.5 Å². The quantitative estimate of drug-likeness (QED) is 0.617. The number of carbonyl (C=O) groups excluding carboxylic acids is 1. The first kappa shape index (κ1) is 13.1. The van der Waals surface area contributed by atoms with Crippen molar-refractivity contribution in [3.8, 4) is 0 Å². The first-order chi connectivity index (χ1) is 8.67. The van der Waals surface area contributed by atoms with E-state index in [-0.39, 0.29) is 0 Å². The van der Waals surface area contributed by atoms with Crippen molar-refractivity contribution in [2.75, 3.05) is 13.2 Å². The summed E-state index contributed by atoms with van der Waals surface area (Å²) in [6.07, 6.45) is 0.759. The van der Waals surface area contributed by atoms with E-state index in [1.165, 1.54) is 0 Å². The molecule has 0 saturated carbocycles. The van der Waals surface area contributed by atoms with Crippen molar-refractivity contribution < 1.29 is 9.53 Å². The van der Waals surface area contributed by atoms with Crippen LogP contribution in [-0.2, 0) is 11.3 Å². The fourth-order valence-electron chi connectivity index (χ4n) is 1.89. The zero-order chi connectivity index (χ0) is 13.1. The van der Waals surface area contributed by atoms with Gasteiger partial charge in [0.1, 0.15) is 0 Å². The predicted octanol–water partition coefficient (Wildman–Crippen LogP) is 2.85. The van der Waals surface area contributed by atoms with Crippen LogP contribution in [0.25, 0.3) is 11.0 Å². The molecular formula is C13H15ClN2O2. The molecule has 0 radical (unpaired) electrons. The second kappa shape index (κ2) is 5.50. The molecule has 0 amide bonds. The number of benzene rings is 1. The molecule has 0 aliphatic heterocycles. The molecule has 0 spiro atoms. The fraction of sp³-hybridized carbons (Fsp3) is 0.385. The van der Waals surface area contributed by atoms with E-state index in [4.69, 9.17) is 16.3 Å². The minimum absolute atomic E-state index is 0.409. The van der Waals surface area contributed by atoms with Crippen LogP contribution in [0.4, 0.5) is 0 Å². The molecule has 5 heteroatoms. The average Bonchev–Trinajstić information content (AvgIpc) is 2.68. The van der Waals surface area contributed by atoms with Crippen molar-refractivity contribution in [3.05, 3.63) is 28.5 Å². The standard InChI is InChI=1S/C13H15ClN2O2/c1-3-18-5-4-16-12-6-9(2)10(14)7-11(12)15-13(16)8-17/h6-8H,3-5H2,1-2H3. The van der Waals surface area contributed by atoms with Gasteiger partial charge in [-0.1, -0.05) is 11.6 Å². The van der Waals surface area contributed by atoms with E-state index in [2.05, 4.69) is 4.98 Å². The Kier molecular flexibility index (Phi) is 3.99. The zero-order valence-electron chi connectivity index (χ0n) is 10.4. The van der Waals surface area contributed by atoms with Crippen LogP contribution in [0.3, 0.4) is 0 Å². The summed E-state index contributed by atoms with van der Waals surface area (Å²) in [5.74, 6) is 0.409. The normalized spacial score (nSPS) is 11.1. The van der Waals surface area contributed by atoms with Crippen LogP contribution in [0, 0.1) is 6.92 Å². The number of carbonyl (C=O) groups is 1. The van der Waals surface area contributed by atoms with Crippen molar-refractivity contribution in [2.24, 2.45) is 0 Å². The van der Waals surface area contributed by atoms with Crippen molar-refractivity contribution in [3.63, 3.8) is 0 Å². The monoisotopic (exact) mass is 266 g/mol. The average molecular weight is 267 g/mol. The number of fused-ring (bicyclic) bond motifs is 1. The maximum absolute atomic E-state index is 11.0. The molecular weight excluding hydrogens is 252 g/mol. The van der Waals surface area contributed by atoms with Gasteiger partial charge in [-0.2, -0.15) is 0 Å². The third-order valence-electron chi connectivity index (χ3n) is 2.83. The predicted molar refractivity (Wildman–Crippen MR) is 71.4 cm³/mol. The lowest BCUT2D eigenvalue weighted by Crippen LogP contribution is -2.09. The minimum atomic E-state index is 0.409. The molecule has 0 N–H and O–H groups in total. The van der Waals surface area contributed by atoms with E-state index in [0.717, 1.165) is 22.9 Å². The van der Waals surface area contributed by atoms with Crippen LogP contribution in [0.2, 0.25) is 5.02 Å². The van der Waals surface area contributed by atoms with Gasteiger partial charge in [-0.3, -0.25) is 4.79 Å². The summed E-state index contributed by atoms with van der Waals surface area (Å²) in [5.41, 5.74) is 2.63. The van der Waals surface area contributed by atoms with E-state index < -0.39 is 0 Å². The number of aldehydes is 1. The smallest absolute Gasteiger partial charge is 0.185 e. The van der Waals surface area contributed by atoms with Crippen molar-refractivity contribution in [1.29, 1.82) is 0 Å². The van der Waals surface area contributed by atoms with E-state index in [9.17, 15) is 4.79 Å². The molecule has 4 nitrogen and oxygen atoms in total. The highest BCUT2D eigenvalue weighted by Crippen LogP contribution is 2.23. The number of rotatable bonds is 5. The molecule has 2 aromatic rings. The van der Waals surface area contributed by atoms with Gasteiger partial charge >= 0.3 is 0 Å². The molecule has 1 aromatic heterocycles. The van der Waals surface area contributed by atoms with Gasteiger partial charge in [0, 0.05) is 18.2 Å². The number of halogens is 1. The van der Waals surface area contributed by atoms with Gasteiger partial charge in [0.2, 0.25) is 0 Å². The van der Waals surface area contributed by atoms with Gasteiger partial charge in [0.15, 0.2) is 12.1 Å². The largest absolute Gasteiger partial charge is 0.380 e. The molecule has 0 aliphatic carbocycles. The zero-order valence-corrected chi connectivity index (χ0v) is 11.2. The summed E-state index contributed by atoms with van der Waals surface area (Å²) in [7, 11) is 0. The van der Waals surface area contributed by atoms with E-state index >= 15 is 0 Å². The lowest BCUT2D eigenvalue weighted by Gasteiger charge is -2.07. The first-order valence-electron chi connectivity index (χ1n) is 5.86. The summed E-state index contributed by atoms with van der Waals surface area (Å²) in [6.45, 7) is 5.71. The minimum Gasteiger partial charge on any atom is -0.380 e. The third-order valence-corrected chi connectivity index (χ3v) is 3.23. The summed E-state index contributed by atoms with van der Waals surface area (Å²) < 4.78 is 7.18. The van der Waals surface area contributed by atoms with Crippen molar-refractivity contribution in [1.82, 2.24) is 9.55 Å². The van der Waals surface area contributed by atoms with Gasteiger partial charge in [-0.05, 0) is 31.5 Å². The number of imidazole rings is 1. The Labute approximate surface area is 111 Å². The Morgan fingerprint density at radius 2 is 2.28 bits per heavy atom. The van der Waals surface area contributed by atoms with E-state index in [1.54, 1.807) is 6.07 Å². The topological polar surface area (TPSA) is 44.1 Å². The molecule has 0 atom stereocenters. The molecule has 0 unspecified atom stereocenters. The van der Waals surface area contributed by atoms with Crippen LogP contribution < -0.4 is 0 Å². The molecule has 0 bridgehead atoms. The van der Waals surface area contributed by atoms with Gasteiger partial charge in [0.25, 0.3) is 0 Å². The molecule has 2 rings (SSSR count). The second-order valence-corrected chi connectivity index (χ2v) is 4.43. The highest BCUT2D eigenvalue weighted by atomic mass is 35.5. The maximum Gasteiger partial charge on any atom is 0.185 e. The molecule has 0 aliphatic rings. The maximum atomic E-state index is 11.0. The number of ether oxygens (including phenoxy) is 1. The molecule has 0 fully saturated rings. The van der Waals surface area contributed by atoms with Crippen molar-refractivity contribution >= 4 is 28.9 Å². The Bertz CT molecular complexity index is 578. The molecule has 1 heterocycles. The van der Waals surface area contributed by atoms with Crippen LogP contribution in [-0.4, -0.2) is 29.1 Å². The summed E-state index contributed by atoms with van der Waals surface area (Å²) in [5, 5.41) is 0.661. The number of nitrogens with zero attached hydrogens (tertiary/aromatic N) is 2. The van der Waals surface area contributed by atoms with Crippen LogP contribution in [0.1, 0.15) is 23.1 Å². The first-order valence-corrected chi connectivity index (χ1v) is 6.24. The SMILES string of the molecule is CCOCCn1c(C=O)nc2cc(Cl)c(C)cc21. The molecule has 1 aromatic carbocycles. The van der Waals surface area contributed by atoms with Gasteiger partial charge in [-0.15, -0.1) is 0 Å². The van der Waals surface area contributed by atoms with E-state index in [0.29, 0.717) is 30.6 Å².